The Morgan fingerprint density at radius 3 is 2.65 bits per heavy atom. The lowest BCUT2D eigenvalue weighted by molar-refractivity contribution is 0.0950. The Hall–Kier alpha value is -2.73. The minimum atomic E-state index is 0.00669. The van der Waals surface area contributed by atoms with E-state index in [2.05, 4.69) is 28.2 Å². The summed E-state index contributed by atoms with van der Waals surface area (Å²) < 4.78 is 0. The highest BCUT2D eigenvalue weighted by molar-refractivity contribution is 6.32. The zero-order valence-corrected chi connectivity index (χ0v) is 20.4. The summed E-state index contributed by atoms with van der Waals surface area (Å²) in [4.78, 5) is 23.2. The molecule has 2 aromatic carbocycles. The maximum Gasteiger partial charge on any atom is 0.252 e. The van der Waals surface area contributed by atoms with Crippen molar-refractivity contribution in [1.82, 2.24) is 20.1 Å². The maximum atomic E-state index is 13.4. The van der Waals surface area contributed by atoms with Crippen molar-refractivity contribution in [1.29, 1.82) is 0 Å². The first-order valence-electron chi connectivity index (χ1n) is 12.2. The molecule has 34 heavy (non-hydrogen) atoms. The number of carbonyl (C=O) groups excluding carboxylic acids is 1. The Labute approximate surface area is 206 Å². The molecular weight excluding hydrogens is 444 g/mol. The molecule has 176 valence electrons. The molecule has 0 atom stereocenters. The fourth-order valence-electron chi connectivity index (χ4n) is 4.98. The lowest BCUT2D eigenvalue weighted by Gasteiger charge is -2.32. The average molecular weight is 475 g/mol. The SMILES string of the molecule is CN1CCN(CCCNC(=O)c2c3c(nc4ccccc24)C(=Cc2ccccc2Cl)CC3)CC1. The molecule has 1 aliphatic carbocycles. The number of nitrogens with one attached hydrogen (secondary N) is 1. The summed E-state index contributed by atoms with van der Waals surface area (Å²) in [5.41, 5.74) is 5.74. The number of aromatic nitrogens is 1. The second kappa shape index (κ2) is 10.3. The number of hydrogen-bond donors (Lipinski definition) is 1. The van der Waals surface area contributed by atoms with E-state index in [0.717, 1.165) is 95.9 Å². The van der Waals surface area contributed by atoms with Crippen LogP contribution >= 0.6 is 11.6 Å². The Morgan fingerprint density at radius 1 is 1.06 bits per heavy atom. The summed E-state index contributed by atoms with van der Waals surface area (Å²) in [6, 6.07) is 15.8. The molecule has 1 aromatic heterocycles. The summed E-state index contributed by atoms with van der Waals surface area (Å²) >= 11 is 6.41. The minimum absolute atomic E-state index is 0.00669. The van der Waals surface area contributed by atoms with E-state index >= 15 is 0 Å². The number of likely N-dealkylation sites (N-methyl/N-ethyl adjacent to an activating group) is 1. The third-order valence-corrected chi connectivity index (χ3v) is 7.28. The summed E-state index contributed by atoms with van der Waals surface area (Å²) in [7, 11) is 2.17. The predicted molar refractivity (Wildman–Crippen MR) is 140 cm³/mol. The minimum Gasteiger partial charge on any atom is -0.352 e. The Balaban J connectivity index is 1.37. The van der Waals surface area contributed by atoms with Crippen molar-refractivity contribution in [2.75, 3.05) is 46.3 Å². The van der Waals surface area contributed by atoms with Gasteiger partial charge in [0.1, 0.15) is 0 Å². The second-order valence-electron chi connectivity index (χ2n) is 9.28. The third kappa shape index (κ3) is 4.88. The highest BCUT2D eigenvalue weighted by atomic mass is 35.5. The van der Waals surface area contributed by atoms with E-state index < -0.39 is 0 Å². The topological polar surface area (TPSA) is 48.5 Å². The second-order valence-corrected chi connectivity index (χ2v) is 9.68. The van der Waals surface area contributed by atoms with E-state index in [1.165, 1.54) is 0 Å². The zero-order chi connectivity index (χ0) is 23.5. The average Bonchev–Trinajstić information content (AvgIpc) is 3.24. The number of benzene rings is 2. The van der Waals surface area contributed by atoms with Gasteiger partial charge in [0, 0.05) is 43.1 Å². The van der Waals surface area contributed by atoms with Crippen LogP contribution in [-0.4, -0.2) is 67.0 Å². The first-order valence-corrected chi connectivity index (χ1v) is 12.5. The Kier molecular flexibility index (Phi) is 6.95. The summed E-state index contributed by atoms with van der Waals surface area (Å²) in [6.07, 6.45) is 4.74. The van der Waals surface area contributed by atoms with Crippen LogP contribution in [0.3, 0.4) is 0 Å². The predicted octanol–water partition coefficient (Wildman–Crippen LogP) is 4.74. The number of nitrogens with zero attached hydrogens (tertiary/aromatic N) is 3. The Morgan fingerprint density at radius 2 is 1.82 bits per heavy atom. The molecule has 0 unspecified atom stereocenters. The van der Waals surface area contributed by atoms with Gasteiger partial charge in [0.05, 0.1) is 16.8 Å². The van der Waals surface area contributed by atoms with Gasteiger partial charge < -0.3 is 15.1 Å². The number of halogens is 1. The fourth-order valence-corrected chi connectivity index (χ4v) is 5.17. The molecule has 3 aromatic rings. The van der Waals surface area contributed by atoms with Crippen molar-refractivity contribution in [3.8, 4) is 0 Å². The molecule has 1 saturated heterocycles. The van der Waals surface area contributed by atoms with E-state index in [1.54, 1.807) is 0 Å². The van der Waals surface area contributed by atoms with Crippen molar-refractivity contribution in [3.63, 3.8) is 0 Å². The lowest BCUT2D eigenvalue weighted by Crippen LogP contribution is -2.45. The van der Waals surface area contributed by atoms with Crippen LogP contribution in [0.4, 0.5) is 0 Å². The van der Waals surface area contributed by atoms with Crippen LogP contribution in [0.5, 0.6) is 0 Å². The summed E-state index contributed by atoms with van der Waals surface area (Å²) in [5, 5.41) is 4.85. The first-order chi connectivity index (χ1) is 16.6. The number of piperazine rings is 1. The lowest BCUT2D eigenvalue weighted by atomic mass is 10.00. The van der Waals surface area contributed by atoms with Crippen molar-refractivity contribution in [3.05, 3.63) is 75.9 Å². The molecule has 2 aliphatic rings. The Bertz CT molecular complexity index is 1230. The largest absolute Gasteiger partial charge is 0.352 e. The van der Waals surface area contributed by atoms with Crippen LogP contribution in [0, 0.1) is 0 Å². The summed E-state index contributed by atoms with van der Waals surface area (Å²) in [5.74, 6) is 0.00669. The fraction of sp³-hybridized carbons (Fsp3) is 0.357. The van der Waals surface area contributed by atoms with Crippen LogP contribution in [-0.2, 0) is 6.42 Å². The van der Waals surface area contributed by atoms with Crippen LogP contribution < -0.4 is 5.32 Å². The molecule has 0 saturated carbocycles. The van der Waals surface area contributed by atoms with E-state index in [1.807, 2.05) is 48.5 Å². The molecule has 5 rings (SSSR count). The molecule has 5 nitrogen and oxygen atoms in total. The quantitative estimate of drug-likeness (QED) is 0.524. The van der Waals surface area contributed by atoms with Gasteiger partial charge in [0.2, 0.25) is 0 Å². The molecule has 1 fully saturated rings. The van der Waals surface area contributed by atoms with Gasteiger partial charge in [-0.3, -0.25) is 4.79 Å². The maximum absolute atomic E-state index is 13.4. The highest BCUT2D eigenvalue weighted by Gasteiger charge is 2.27. The van der Waals surface area contributed by atoms with Gasteiger partial charge >= 0.3 is 0 Å². The highest BCUT2D eigenvalue weighted by Crippen LogP contribution is 2.38. The number of allylic oxidation sites excluding steroid dienone is 1. The van der Waals surface area contributed by atoms with Crippen LogP contribution in [0.25, 0.3) is 22.6 Å². The monoisotopic (exact) mass is 474 g/mol. The van der Waals surface area contributed by atoms with Gasteiger partial charge in [-0.25, -0.2) is 4.98 Å². The molecule has 6 heteroatoms. The molecule has 1 amide bonds. The standard InChI is InChI=1S/C28H31ClN4O/c1-32-15-17-33(18-16-32)14-6-13-30-28(34)26-22-8-3-5-10-25(22)31-27-21(11-12-23(26)27)19-20-7-2-4-9-24(20)29/h2-5,7-10,19H,6,11-18H2,1H3,(H,30,34). The molecule has 1 aliphatic heterocycles. The number of amides is 1. The normalized spacial score (nSPS) is 17.9. The number of pyridine rings is 1. The van der Waals surface area contributed by atoms with Gasteiger partial charge in [-0.2, -0.15) is 0 Å². The van der Waals surface area contributed by atoms with Gasteiger partial charge in [-0.15, -0.1) is 0 Å². The third-order valence-electron chi connectivity index (χ3n) is 6.94. The summed E-state index contributed by atoms with van der Waals surface area (Å²) in [6.45, 7) is 6.14. The molecule has 2 heterocycles. The van der Waals surface area contributed by atoms with Crippen LogP contribution in [0.1, 0.15) is 40.0 Å². The van der Waals surface area contributed by atoms with Crippen LogP contribution in [0.2, 0.25) is 5.02 Å². The van der Waals surface area contributed by atoms with Crippen LogP contribution in [0.15, 0.2) is 48.5 Å². The molecular formula is C28H31ClN4O. The van der Waals surface area contributed by atoms with Crippen molar-refractivity contribution >= 4 is 40.1 Å². The van der Waals surface area contributed by atoms with E-state index in [4.69, 9.17) is 16.6 Å². The number of rotatable bonds is 6. The number of hydrogen-bond acceptors (Lipinski definition) is 4. The molecule has 0 bridgehead atoms. The zero-order valence-electron chi connectivity index (χ0n) is 19.7. The van der Waals surface area contributed by atoms with E-state index in [-0.39, 0.29) is 5.91 Å². The van der Waals surface area contributed by atoms with Crippen molar-refractivity contribution in [2.45, 2.75) is 19.3 Å². The molecule has 1 N–H and O–H groups in total. The number of fused-ring (bicyclic) bond motifs is 2. The van der Waals surface area contributed by atoms with Crippen molar-refractivity contribution in [2.24, 2.45) is 0 Å². The van der Waals surface area contributed by atoms with E-state index in [0.29, 0.717) is 6.54 Å². The molecule has 0 spiro atoms. The van der Waals surface area contributed by atoms with Gasteiger partial charge in [-0.1, -0.05) is 48.0 Å². The van der Waals surface area contributed by atoms with E-state index in [9.17, 15) is 4.79 Å². The van der Waals surface area contributed by atoms with Gasteiger partial charge in [0.25, 0.3) is 5.91 Å². The van der Waals surface area contributed by atoms with Gasteiger partial charge in [-0.05, 0) is 67.8 Å². The number of para-hydroxylation sites is 1. The van der Waals surface area contributed by atoms with Gasteiger partial charge in [0.15, 0.2) is 0 Å². The first kappa shape index (κ1) is 23.0. The smallest absolute Gasteiger partial charge is 0.252 e. The number of carbonyl (C=O) groups is 1. The molecule has 0 radical (unpaired) electrons. The van der Waals surface area contributed by atoms with Crippen molar-refractivity contribution < 1.29 is 4.79 Å².